The molecule has 1 saturated heterocycles. The number of halogens is 1. The number of fused-ring (bicyclic) bond motifs is 1. The van der Waals surface area contributed by atoms with Crippen molar-refractivity contribution >= 4 is 21.8 Å². The van der Waals surface area contributed by atoms with Crippen molar-refractivity contribution < 1.29 is 22.7 Å². The Morgan fingerprint density at radius 1 is 1.38 bits per heavy atom. The number of nitrogens with two attached hydrogens (primary N) is 1. The Morgan fingerprint density at radius 3 is 2.75 bits per heavy atom. The van der Waals surface area contributed by atoms with E-state index in [1.165, 1.54) is 6.07 Å². The first kappa shape index (κ1) is 16.9. The highest BCUT2D eigenvalue weighted by Gasteiger charge is 2.38. The number of phenolic OH excluding ortho intramolecular Hbond substituents is 1. The van der Waals surface area contributed by atoms with E-state index in [2.05, 4.69) is 0 Å². The Balaban J connectivity index is 2.00. The number of amides is 1. The summed E-state index contributed by atoms with van der Waals surface area (Å²) in [5.74, 6) is -2.06. The predicted octanol–water partition coefficient (Wildman–Crippen LogP) is -0.581. The summed E-state index contributed by atoms with van der Waals surface area (Å²) < 4.78 is 41.2. The van der Waals surface area contributed by atoms with Crippen LogP contribution in [-0.2, 0) is 28.0 Å². The lowest BCUT2D eigenvalue weighted by Gasteiger charge is -2.30. The van der Waals surface area contributed by atoms with Gasteiger partial charge in [0.15, 0.2) is 5.82 Å². The van der Waals surface area contributed by atoms with Crippen molar-refractivity contribution in [3.63, 3.8) is 0 Å². The van der Waals surface area contributed by atoms with E-state index in [0.29, 0.717) is 48.0 Å². The molecule has 8 nitrogen and oxygen atoms in total. The van der Waals surface area contributed by atoms with Crippen molar-refractivity contribution in [3.8, 4) is 5.75 Å². The minimum atomic E-state index is -4.18. The van der Waals surface area contributed by atoms with Crippen LogP contribution in [0.2, 0.25) is 0 Å². The number of phenols is 1. The van der Waals surface area contributed by atoms with Gasteiger partial charge in [0.25, 0.3) is 5.91 Å². The van der Waals surface area contributed by atoms with Gasteiger partial charge in [-0.15, -0.1) is 0 Å². The summed E-state index contributed by atoms with van der Waals surface area (Å²) >= 11 is 0. The number of nitrogens with zero attached hydrogens (tertiary/aromatic N) is 2. The van der Waals surface area contributed by atoms with E-state index >= 15 is 0 Å². The first-order chi connectivity index (χ1) is 11.3. The maximum absolute atomic E-state index is 15.0. The van der Waals surface area contributed by atoms with Crippen LogP contribution in [0.4, 0.5) is 10.1 Å². The van der Waals surface area contributed by atoms with Crippen LogP contribution in [0.5, 0.6) is 5.75 Å². The van der Waals surface area contributed by atoms with Gasteiger partial charge >= 0.3 is 10.2 Å². The molecule has 3 rings (SSSR count). The smallest absolute Gasteiger partial charge is 0.326 e. The van der Waals surface area contributed by atoms with Crippen LogP contribution in [-0.4, -0.2) is 50.5 Å². The van der Waals surface area contributed by atoms with E-state index in [1.807, 2.05) is 4.90 Å². The second-order valence-electron chi connectivity index (χ2n) is 5.90. The number of hydrogen-bond donors (Lipinski definition) is 3. The van der Waals surface area contributed by atoms with Gasteiger partial charge in [0.2, 0.25) is 0 Å². The summed E-state index contributed by atoms with van der Waals surface area (Å²) in [5.41, 5.74) is 6.01. The lowest BCUT2D eigenvalue weighted by Crippen LogP contribution is -2.34. The number of benzene rings is 1. The van der Waals surface area contributed by atoms with Crippen LogP contribution in [0.25, 0.3) is 0 Å². The van der Waals surface area contributed by atoms with E-state index in [9.17, 15) is 22.7 Å². The molecule has 10 heteroatoms. The Kier molecular flexibility index (Phi) is 4.37. The number of aromatic hydroxyl groups is 1. The largest absolute Gasteiger partial charge is 0.506 e. The van der Waals surface area contributed by atoms with Crippen LogP contribution >= 0.6 is 0 Å². The molecule has 2 aliphatic heterocycles. The van der Waals surface area contributed by atoms with Gasteiger partial charge in [0.05, 0.1) is 0 Å². The number of nitrogens with one attached hydrogen (secondary N) is 1. The first-order valence-corrected chi connectivity index (χ1v) is 9.06. The van der Waals surface area contributed by atoms with Crippen molar-refractivity contribution in [1.29, 1.82) is 0 Å². The lowest BCUT2D eigenvalue weighted by molar-refractivity contribution is -0.117. The summed E-state index contributed by atoms with van der Waals surface area (Å²) in [6.45, 7) is 1.72. The van der Waals surface area contributed by atoms with Gasteiger partial charge in [-0.25, -0.2) is 13.4 Å². The minimum absolute atomic E-state index is 0.309. The third-order valence-corrected chi connectivity index (χ3v) is 5.62. The molecule has 0 atom stereocenters. The second-order valence-corrected chi connectivity index (χ2v) is 7.50. The quantitative estimate of drug-likeness (QED) is 0.663. The summed E-state index contributed by atoms with van der Waals surface area (Å²) in [5, 5.41) is 10.1. The number of carbonyl (C=O) groups excluding carboxylic acids is 1. The van der Waals surface area contributed by atoms with Crippen LogP contribution in [0.1, 0.15) is 17.5 Å². The third-order valence-electron chi connectivity index (χ3n) is 4.24. The summed E-state index contributed by atoms with van der Waals surface area (Å²) in [7, 11) is -4.18. The summed E-state index contributed by atoms with van der Waals surface area (Å²) in [6, 6.07) is 1.38. The molecule has 0 aliphatic carbocycles. The molecule has 0 saturated carbocycles. The van der Waals surface area contributed by atoms with Gasteiger partial charge in [0.1, 0.15) is 18.0 Å². The van der Waals surface area contributed by atoms with Gasteiger partial charge in [-0.2, -0.15) is 8.42 Å². The zero-order valence-electron chi connectivity index (χ0n) is 13.0. The SMILES string of the molecule is NCCCN1CCc2cc(O)c(N3CC(=O)NS3(=O)=O)c(F)c2C1. The maximum Gasteiger partial charge on any atom is 0.326 e. The fraction of sp³-hybridized carbons (Fsp3) is 0.500. The molecule has 1 amide bonds. The van der Waals surface area contributed by atoms with Crippen molar-refractivity contribution in [3.05, 3.63) is 23.0 Å². The Labute approximate surface area is 139 Å². The van der Waals surface area contributed by atoms with E-state index in [1.54, 1.807) is 4.72 Å². The fourth-order valence-electron chi connectivity index (χ4n) is 3.08. The number of hydrogen-bond acceptors (Lipinski definition) is 6. The highest BCUT2D eigenvalue weighted by atomic mass is 32.2. The topological polar surface area (TPSA) is 116 Å². The molecule has 2 aliphatic rings. The average Bonchev–Trinajstić information content (AvgIpc) is 2.78. The summed E-state index contributed by atoms with van der Waals surface area (Å²) in [6.07, 6.45) is 1.33. The van der Waals surface area contributed by atoms with E-state index in [4.69, 9.17) is 5.73 Å². The molecule has 24 heavy (non-hydrogen) atoms. The van der Waals surface area contributed by atoms with Gasteiger partial charge in [-0.3, -0.25) is 9.69 Å². The minimum Gasteiger partial charge on any atom is -0.506 e. The maximum atomic E-state index is 15.0. The number of rotatable bonds is 4. The monoisotopic (exact) mass is 358 g/mol. The summed E-state index contributed by atoms with van der Waals surface area (Å²) in [4.78, 5) is 13.4. The Morgan fingerprint density at radius 2 is 2.12 bits per heavy atom. The van der Waals surface area contributed by atoms with E-state index in [-0.39, 0.29) is 0 Å². The molecule has 0 radical (unpaired) electrons. The predicted molar refractivity (Wildman–Crippen MR) is 85.1 cm³/mol. The Hall–Kier alpha value is -1.91. The molecule has 0 spiro atoms. The van der Waals surface area contributed by atoms with Gasteiger partial charge in [-0.05, 0) is 37.6 Å². The Bertz CT molecular complexity index is 783. The molecular formula is C14H19FN4O4S. The van der Waals surface area contributed by atoms with Gasteiger partial charge < -0.3 is 10.8 Å². The molecule has 1 aromatic rings. The molecule has 1 aromatic carbocycles. The van der Waals surface area contributed by atoms with Crippen LogP contribution in [0, 0.1) is 5.82 Å². The van der Waals surface area contributed by atoms with Gasteiger partial charge in [0, 0.05) is 18.7 Å². The van der Waals surface area contributed by atoms with Crippen LogP contribution in [0.3, 0.4) is 0 Å². The molecule has 0 aromatic heterocycles. The third kappa shape index (κ3) is 2.92. The first-order valence-electron chi connectivity index (χ1n) is 7.62. The molecule has 132 valence electrons. The standard InChI is InChI=1S/C14H19FN4O4S/c15-13-10-7-18(4-1-3-16)5-2-9(10)6-11(20)14(13)19-8-12(21)17-24(19,22)23/h6,20H,1-5,7-8,16H2,(H,17,21). The second kappa shape index (κ2) is 6.19. The van der Waals surface area contributed by atoms with Crippen LogP contribution < -0.4 is 14.8 Å². The number of carbonyl (C=O) groups is 1. The van der Waals surface area contributed by atoms with Crippen molar-refractivity contribution in [2.45, 2.75) is 19.4 Å². The average molecular weight is 358 g/mol. The van der Waals surface area contributed by atoms with E-state index in [0.717, 1.165) is 6.42 Å². The molecule has 0 unspecified atom stereocenters. The normalized spacial score (nSPS) is 20.1. The lowest BCUT2D eigenvalue weighted by atomic mass is 9.97. The zero-order valence-corrected chi connectivity index (χ0v) is 13.8. The fourth-order valence-corrected chi connectivity index (χ4v) is 4.24. The van der Waals surface area contributed by atoms with Crippen LogP contribution in [0.15, 0.2) is 6.07 Å². The zero-order chi connectivity index (χ0) is 17.5. The van der Waals surface area contributed by atoms with Crippen molar-refractivity contribution in [2.75, 3.05) is 30.5 Å². The van der Waals surface area contributed by atoms with Crippen molar-refractivity contribution in [2.24, 2.45) is 5.73 Å². The highest BCUT2D eigenvalue weighted by molar-refractivity contribution is 7.92. The van der Waals surface area contributed by atoms with Gasteiger partial charge in [-0.1, -0.05) is 0 Å². The molecule has 2 heterocycles. The molecular weight excluding hydrogens is 339 g/mol. The number of anilines is 1. The van der Waals surface area contributed by atoms with Crippen molar-refractivity contribution in [1.82, 2.24) is 9.62 Å². The molecule has 0 bridgehead atoms. The highest BCUT2D eigenvalue weighted by Crippen LogP contribution is 2.38. The molecule has 1 fully saturated rings. The van der Waals surface area contributed by atoms with E-state index < -0.39 is 39.9 Å². The molecule has 4 N–H and O–H groups in total.